The van der Waals surface area contributed by atoms with Gasteiger partial charge in [0.15, 0.2) is 0 Å². The normalized spacial score (nSPS) is 22.2. The van der Waals surface area contributed by atoms with Gasteiger partial charge in [-0.1, -0.05) is 43.2 Å². The average molecular weight is 323 g/mol. The second kappa shape index (κ2) is 5.89. The van der Waals surface area contributed by atoms with Crippen LogP contribution in [0.15, 0.2) is 47.5 Å². The van der Waals surface area contributed by atoms with Crippen molar-refractivity contribution < 1.29 is 4.79 Å². The van der Waals surface area contributed by atoms with Gasteiger partial charge in [0.25, 0.3) is 11.5 Å². The Balaban J connectivity index is 1.65. The van der Waals surface area contributed by atoms with Crippen LogP contribution in [0.5, 0.6) is 0 Å². The molecule has 1 atom stereocenters. The number of carbonyl (C=O) groups is 1. The minimum Gasteiger partial charge on any atom is -0.336 e. The molecule has 124 valence electrons. The Morgan fingerprint density at radius 2 is 1.92 bits per heavy atom. The van der Waals surface area contributed by atoms with Gasteiger partial charge in [-0.15, -0.1) is 0 Å². The van der Waals surface area contributed by atoms with E-state index in [4.69, 9.17) is 0 Å². The summed E-state index contributed by atoms with van der Waals surface area (Å²) in [5.74, 6) is 0.249. The van der Waals surface area contributed by atoms with Crippen molar-refractivity contribution in [2.45, 2.75) is 31.6 Å². The summed E-state index contributed by atoms with van der Waals surface area (Å²) in [6.45, 7) is 1.47. The molecule has 2 heterocycles. The Labute approximate surface area is 140 Å². The fourth-order valence-electron chi connectivity index (χ4n) is 4.51. The lowest BCUT2D eigenvalue weighted by atomic mass is 9.73. The minimum atomic E-state index is -0.338. The van der Waals surface area contributed by atoms with Crippen LogP contribution in [-0.2, 0) is 0 Å². The van der Waals surface area contributed by atoms with Crippen molar-refractivity contribution in [1.82, 2.24) is 14.9 Å². The van der Waals surface area contributed by atoms with E-state index in [2.05, 4.69) is 34.2 Å². The lowest BCUT2D eigenvalue weighted by molar-refractivity contribution is 0.0766. The van der Waals surface area contributed by atoms with Gasteiger partial charge < -0.3 is 9.88 Å². The number of nitrogens with one attached hydrogen (secondary N) is 1. The quantitative estimate of drug-likeness (QED) is 0.924. The monoisotopic (exact) mass is 323 g/mol. The van der Waals surface area contributed by atoms with Crippen LogP contribution in [0.25, 0.3) is 0 Å². The summed E-state index contributed by atoms with van der Waals surface area (Å²) in [7, 11) is 0. The minimum absolute atomic E-state index is 0.120. The summed E-state index contributed by atoms with van der Waals surface area (Å²) >= 11 is 0. The third kappa shape index (κ3) is 2.54. The van der Waals surface area contributed by atoms with E-state index in [0.717, 1.165) is 6.54 Å². The topological polar surface area (TPSA) is 66.1 Å². The van der Waals surface area contributed by atoms with E-state index in [1.807, 2.05) is 11.0 Å². The zero-order chi connectivity index (χ0) is 16.6. The van der Waals surface area contributed by atoms with Crippen LogP contribution in [-0.4, -0.2) is 33.9 Å². The van der Waals surface area contributed by atoms with Gasteiger partial charge in [0.1, 0.15) is 5.69 Å². The highest BCUT2D eigenvalue weighted by Gasteiger charge is 2.49. The first kappa shape index (κ1) is 15.1. The molecule has 1 aromatic heterocycles. The number of nitrogens with zero attached hydrogens (tertiary/aromatic N) is 2. The van der Waals surface area contributed by atoms with Crippen molar-refractivity contribution in [1.29, 1.82) is 0 Å². The first-order chi connectivity index (χ1) is 11.7. The van der Waals surface area contributed by atoms with Crippen molar-refractivity contribution >= 4 is 5.91 Å². The molecule has 5 heteroatoms. The number of carbonyl (C=O) groups excluding carboxylic acids is 1. The van der Waals surface area contributed by atoms with E-state index in [9.17, 15) is 9.59 Å². The van der Waals surface area contributed by atoms with E-state index in [-0.39, 0.29) is 22.6 Å². The van der Waals surface area contributed by atoms with Gasteiger partial charge in [0.2, 0.25) is 0 Å². The maximum Gasteiger partial charge on any atom is 0.272 e. The van der Waals surface area contributed by atoms with Gasteiger partial charge in [0, 0.05) is 19.0 Å². The summed E-state index contributed by atoms with van der Waals surface area (Å²) in [5.41, 5.74) is 1.44. The van der Waals surface area contributed by atoms with E-state index in [1.165, 1.54) is 43.6 Å². The molecule has 1 spiro atoms. The standard InChI is InChI=1S/C19H21N3O2/c23-17-11-20-10-16(21-17)18(24)22-12-15(14-6-2-1-3-7-14)19(13-22)8-4-5-9-19/h1-3,6-7,10-11,15H,4-5,8-9,12-13H2,(H,21,23). The lowest BCUT2D eigenvalue weighted by Gasteiger charge is -2.30. The predicted molar refractivity (Wildman–Crippen MR) is 90.8 cm³/mol. The van der Waals surface area contributed by atoms with Gasteiger partial charge in [-0.25, -0.2) is 0 Å². The molecule has 0 radical (unpaired) electrons. The van der Waals surface area contributed by atoms with Crippen LogP contribution in [0.2, 0.25) is 0 Å². The van der Waals surface area contributed by atoms with E-state index in [0.29, 0.717) is 12.5 Å². The molecule has 1 amide bonds. The molecule has 2 fully saturated rings. The van der Waals surface area contributed by atoms with Crippen molar-refractivity contribution in [3.8, 4) is 0 Å². The third-order valence-corrected chi connectivity index (χ3v) is 5.62. The van der Waals surface area contributed by atoms with Crippen LogP contribution < -0.4 is 5.56 Å². The molecular weight excluding hydrogens is 302 g/mol. The molecule has 5 nitrogen and oxygen atoms in total. The maximum absolute atomic E-state index is 12.8. The van der Waals surface area contributed by atoms with Gasteiger partial charge in [-0.2, -0.15) is 0 Å². The van der Waals surface area contributed by atoms with E-state index < -0.39 is 0 Å². The van der Waals surface area contributed by atoms with Crippen LogP contribution in [0, 0.1) is 5.41 Å². The molecule has 1 aliphatic heterocycles. The fraction of sp³-hybridized carbons (Fsp3) is 0.421. The molecule has 2 aromatic rings. The van der Waals surface area contributed by atoms with Gasteiger partial charge >= 0.3 is 0 Å². The summed E-state index contributed by atoms with van der Waals surface area (Å²) in [6.07, 6.45) is 7.43. The number of benzene rings is 1. The summed E-state index contributed by atoms with van der Waals surface area (Å²) in [4.78, 5) is 32.6. The number of likely N-dealkylation sites (tertiary alicyclic amines) is 1. The first-order valence-corrected chi connectivity index (χ1v) is 8.57. The number of hydrogen-bond donors (Lipinski definition) is 1. The van der Waals surface area contributed by atoms with Crippen LogP contribution in [0.3, 0.4) is 0 Å². The molecule has 0 bridgehead atoms. The Morgan fingerprint density at radius 3 is 2.62 bits per heavy atom. The highest BCUT2D eigenvalue weighted by molar-refractivity contribution is 5.92. The van der Waals surface area contributed by atoms with Gasteiger partial charge in [-0.3, -0.25) is 14.6 Å². The number of rotatable bonds is 2. The second-order valence-corrected chi connectivity index (χ2v) is 7.03. The van der Waals surface area contributed by atoms with Crippen molar-refractivity contribution in [2.24, 2.45) is 5.41 Å². The van der Waals surface area contributed by atoms with Crippen molar-refractivity contribution in [2.75, 3.05) is 13.1 Å². The largest absolute Gasteiger partial charge is 0.336 e. The van der Waals surface area contributed by atoms with E-state index in [1.54, 1.807) is 0 Å². The fourth-order valence-corrected chi connectivity index (χ4v) is 4.51. The Bertz CT molecular complexity index is 794. The maximum atomic E-state index is 12.8. The molecular formula is C19H21N3O2. The van der Waals surface area contributed by atoms with E-state index >= 15 is 0 Å². The molecule has 24 heavy (non-hydrogen) atoms. The molecule has 1 N–H and O–H groups in total. The summed E-state index contributed by atoms with van der Waals surface area (Å²) in [6, 6.07) is 10.5. The number of hydrogen-bond acceptors (Lipinski definition) is 3. The number of amides is 1. The molecule has 1 saturated carbocycles. The molecule has 1 saturated heterocycles. The molecule has 1 unspecified atom stereocenters. The first-order valence-electron chi connectivity index (χ1n) is 8.57. The Hall–Kier alpha value is -2.43. The van der Waals surface area contributed by atoms with Crippen molar-refractivity contribution in [3.05, 3.63) is 64.3 Å². The lowest BCUT2D eigenvalue weighted by Crippen LogP contribution is -2.32. The number of aromatic amines is 1. The third-order valence-electron chi connectivity index (χ3n) is 5.62. The smallest absolute Gasteiger partial charge is 0.272 e. The van der Waals surface area contributed by atoms with Crippen LogP contribution in [0.4, 0.5) is 0 Å². The van der Waals surface area contributed by atoms with Crippen LogP contribution in [0.1, 0.15) is 47.7 Å². The number of aromatic nitrogens is 2. The molecule has 1 aromatic carbocycles. The Morgan fingerprint density at radius 1 is 1.17 bits per heavy atom. The second-order valence-electron chi connectivity index (χ2n) is 7.03. The predicted octanol–water partition coefficient (Wildman–Crippen LogP) is 2.57. The molecule has 4 rings (SSSR count). The van der Waals surface area contributed by atoms with Gasteiger partial charge in [0.05, 0.1) is 12.4 Å². The highest BCUT2D eigenvalue weighted by atomic mass is 16.2. The number of H-pyrrole nitrogens is 1. The summed E-state index contributed by atoms with van der Waals surface area (Å²) < 4.78 is 0. The molecule has 1 aliphatic carbocycles. The SMILES string of the molecule is O=C(c1cncc(=O)[nH]1)N1CC(c2ccccc2)C2(CCCC2)C1. The van der Waals surface area contributed by atoms with Crippen molar-refractivity contribution in [3.63, 3.8) is 0 Å². The van der Waals surface area contributed by atoms with Crippen LogP contribution >= 0.6 is 0 Å². The average Bonchev–Trinajstić information content (AvgIpc) is 3.23. The summed E-state index contributed by atoms with van der Waals surface area (Å²) in [5, 5.41) is 0. The highest BCUT2D eigenvalue weighted by Crippen LogP contribution is 2.53. The molecule has 2 aliphatic rings. The van der Waals surface area contributed by atoms with Gasteiger partial charge in [-0.05, 0) is 23.8 Å². The zero-order valence-electron chi connectivity index (χ0n) is 13.6. The zero-order valence-corrected chi connectivity index (χ0v) is 13.6. The Kier molecular flexibility index (Phi) is 3.71.